The lowest BCUT2D eigenvalue weighted by atomic mass is 10.1. The zero-order chi connectivity index (χ0) is 22.8. The number of halogens is 1. The van der Waals surface area contributed by atoms with Gasteiger partial charge in [-0.1, -0.05) is 11.6 Å². The van der Waals surface area contributed by atoms with Crippen LogP contribution in [0.2, 0.25) is 5.02 Å². The second-order valence-corrected chi connectivity index (χ2v) is 8.43. The summed E-state index contributed by atoms with van der Waals surface area (Å²) in [7, 11) is 0. The average molecular weight is 455 g/mol. The fraction of sp³-hybridized carbons (Fsp3) is 0.391. The highest BCUT2D eigenvalue weighted by atomic mass is 35.5. The number of carbonyl (C=O) groups is 1. The molecule has 1 N–H and O–H groups in total. The van der Waals surface area contributed by atoms with E-state index in [-0.39, 0.29) is 12.3 Å². The van der Waals surface area contributed by atoms with Crippen molar-refractivity contribution in [1.29, 1.82) is 0 Å². The van der Waals surface area contributed by atoms with Crippen molar-refractivity contribution < 1.29 is 9.53 Å². The van der Waals surface area contributed by atoms with E-state index in [1.54, 1.807) is 10.7 Å². The second kappa shape index (κ2) is 9.26. The number of hydrogen-bond acceptors (Lipinski definition) is 6. The number of rotatable bonds is 5. The van der Waals surface area contributed by atoms with Crippen LogP contribution in [0, 0.1) is 27.7 Å². The predicted octanol–water partition coefficient (Wildman–Crippen LogP) is 3.57. The molecule has 3 aromatic rings. The smallest absolute Gasteiger partial charge is 0.251 e. The van der Waals surface area contributed by atoms with E-state index < -0.39 is 0 Å². The van der Waals surface area contributed by atoms with E-state index in [0.717, 1.165) is 47.1 Å². The number of amides is 1. The number of hydrogen-bond donors (Lipinski definition) is 1. The number of aromatic nitrogens is 4. The Hall–Kier alpha value is -2.97. The summed E-state index contributed by atoms with van der Waals surface area (Å²) >= 11 is 6.22. The van der Waals surface area contributed by atoms with E-state index in [9.17, 15) is 4.79 Å². The fourth-order valence-corrected chi connectivity index (χ4v) is 4.14. The highest BCUT2D eigenvalue weighted by Crippen LogP contribution is 2.30. The third-order valence-electron chi connectivity index (χ3n) is 5.52. The molecule has 1 amide bonds. The van der Waals surface area contributed by atoms with Crippen LogP contribution < -0.4 is 10.2 Å². The maximum atomic E-state index is 13.0. The van der Waals surface area contributed by atoms with Crippen LogP contribution in [-0.4, -0.2) is 52.0 Å². The number of ether oxygens (including phenoxy) is 1. The molecule has 1 aliphatic heterocycles. The van der Waals surface area contributed by atoms with Crippen LogP contribution >= 0.6 is 11.6 Å². The number of morpholine rings is 1. The van der Waals surface area contributed by atoms with Gasteiger partial charge in [-0.3, -0.25) is 4.79 Å². The number of anilines is 2. The van der Waals surface area contributed by atoms with E-state index >= 15 is 0 Å². The molecule has 4 rings (SSSR count). The SMILES string of the molecule is Cc1cc(C)nc(-n2nc(C)c(CC(=O)Nc3cc(Cl)ccc3N3CCOCC3)c2C)n1. The quantitative estimate of drug-likeness (QED) is 0.634. The van der Waals surface area contributed by atoms with Gasteiger partial charge in [-0.25, -0.2) is 14.6 Å². The standard InChI is InChI=1S/C23H27ClN6O2/c1-14-11-15(2)26-23(25-14)30-17(4)19(16(3)28-30)13-22(31)27-20-12-18(24)5-6-21(20)29-7-9-32-10-8-29/h5-6,11-12H,7-10,13H2,1-4H3,(H,27,31). The van der Waals surface area contributed by atoms with Gasteiger partial charge in [-0.15, -0.1) is 0 Å². The van der Waals surface area contributed by atoms with E-state index in [0.29, 0.717) is 29.9 Å². The molecule has 0 aliphatic carbocycles. The number of benzene rings is 1. The van der Waals surface area contributed by atoms with Gasteiger partial charge < -0.3 is 15.0 Å². The molecule has 8 nitrogen and oxygen atoms in total. The Morgan fingerprint density at radius 2 is 1.78 bits per heavy atom. The van der Waals surface area contributed by atoms with Crippen molar-refractivity contribution in [2.24, 2.45) is 0 Å². The van der Waals surface area contributed by atoms with Gasteiger partial charge in [-0.2, -0.15) is 5.10 Å². The second-order valence-electron chi connectivity index (χ2n) is 8.00. The molecular weight excluding hydrogens is 428 g/mol. The van der Waals surface area contributed by atoms with Crippen LogP contribution in [0.25, 0.3) is 5.95 Å². The van der Waals surface area contributed by atoms with Crippen molar-refractivity contribution in [1.82, 2.24) is 19.7 Å². The summed E-state index contributed by atoms with van der Waals surface area (Å²) < 4.78 is 7.16. The van der Waals surface area contributed by atoms with Crippen LogP contribution in [0.1, 0.15) is 28.3 Å². The molecule has 2 aromatic heterocycles. The molecule has 0 bridgehead atoms. The minimum atomic E-state index is -0.131. The maximum Gasteiger partial charge on any atom is 0.251 e. The van der Waals surface area contributed by atoms with Crippen molar-refractivity contribution in [2.75, 3.05) is 36.5 Å². The van der Waals surface area contributed by atoms with Crippen LogP contribution in [0.15, 0.2) is 24.3 Å². The summed E-state index contributed by atoms with van der Waals surface area (Å²) in [5.41, 5.74) is 5.87. The van der Waals surface area contributed by atoms with Gasteiger partial charge in [0.05, 0.1) is 36.7 Å². The van der Waals surface area contributed by atoms with Crippen molar-refractivity contribution in [3.05, 3.63) is 57.6 Å². The van der Waals surface area contributed by atoms with E-state index in [1.807, 2.05) is 45.9 Å². The first-order valence-corrected chi connectivity index (χ1v) is 11.0. The summed E-state index contributed by atoms with van der Waals surface area (Å²) in [5, 5.41) is 8.21. The molecule has 32 heavy (non-hydrogen) atoms. The molecule has 0 unspecified atom stereocenters. The lowest BCUT2D eigenvalue weighted by molar-refractivity contribution is -0.115. The molecule has 0 radical (unpaired) electrons. The molecule has 1 aliphatic rings. The lowest BCUT2D eigenvalue weighted by Gasteiger charge is -2.30. The zero-order valence-corrected chi connectivity index (χ0v) is 19.5. The normalized spacial score (nSPS) is 14.0. The fourth-order valence-electron chi connectivity index (χ4n) is 3.97. The van der Waals surface area contributed by atoms with Gasteiger partial charge in [0.15, 0.2) is 0 Å². The van der Waals surface area contributed by atoms with Crippen molar-refractivity contribution in [3.63, 3.8) is 0 Å². The van der Waals surface area contributed by atoms with E-state index in [4.69, 9.17) is 16.3 Å². The van der Waals surface area contributed by atoms with Gasteiger partial charge in [0, 0.05) is 40.8 Å². The maximum absolute atomic E-state index is 13.0. The molecule has 168 valence electrons. The van der Waals surface area contributed by atoms with Crippen LogP contribution in [0.5, 0.6) is 0 Å². The van der Waals surface area contributed by atoms with Gasteiger partial charge in [0.2, 0.25) is 5.91 Å². The Kier molecular flexibility index (Phi) is 6.43. The van der Waals surface area contributed by atoms with Crippen molar-refractivity contribution in [2.45, 2.75) is 34.1 Å². The summed E-state index contributed by atoms with van der Waals surface area (Å²) in [5.74, 6) is 0.382. The molecular formula is C23H27ClN6O2. The summed E-state index contributed by atoms with van der Waals surface area (Å²) in [6.07, 6.45) is 0.192. The van der Waals surface area contributed by atoms with Crippen LogP contribution in [0.3, 0.4) is 0 Å². The van der Waals surface area contributed by atoms with Crippen molar-refractivity contribution >= 4 is 28.9 Å². The van der Waals surface area contributed by atoms with Gasteiger partial charge in [0.1, 0.15) is 0 Å². The Labute approximate surface area is 192 Å². The third-order valence-corrected chi connectivity index (χ3v) is 5.76. The van der Waals surface area contributed by atoms with Crippen molar-refractivity contribution in [3.8, 4) is 5.95 Å². The number of aryl methyl sites for hydroxylation is 3. The minimum Gasteiger partial charge on any atom is -0.378 e. The number of nitrogens with one attached hydrogen (secondary N) is 1. The third kappa shape index (κ3) is 4.76. The number of nitrogens with zero attached hydrogens (tertiary/aromatic N) is 5. The van der Waals surface area contributed by atoms with E-state index in [1.165, 1.54) is 0 Å². The Balaban J connectivity index is 1.57. The molecule has 0 atom stereocenters. The molecule has 3 heterocycles. The molecule has 1 saturated heterocycles. The molecule has 1 aromatic carbocycles. The van der Waals surface area contributed by atoms with Crippen LogP contribution in [0.4, 0.5) is 11.4 Å². The van der Waals surface area contributed by atoms with E-state index in [2.05, 4.69) is 25.3 Å². The Morgan fingerprint density at radius 1 is 1.09 bits per heavy atom. The molecule has 0 spiro atoms. The largest absolute Gasteiger partial charge is 0.378 e. The number of carbonyl (C=O) groups excluding carboxylic acids is 1. The van der Waals surface area contributed by atoms with Gasteiger partial charge in [0.25, 0.3) is 5.95 Å². The molecule has 9 heteroatoms. The monoisotopic (exact) mass is 454 g/mol. The first-order valence-electron chi connectivity index (χ1n) is 10.6. The average Bonchev–Trinajstić information content (AvgIpc) is 3.02. The molecule has 0 saturated carbocycles. The minimum absolute atomic E-state index is 0.131. The molecule has 1 fully saturated rings. The summed E-state index contributed by atoms with van der Waals surface area (Å²) in [4.78, 5) is 24.2. The summed E-state index contributed by atoms with van der Waals surface area (Å²) in [6.45, 7) is 10.5. The highest BCUT2D eigenvalue weighted by Gasteiger charge is 2.20. The van der Waals surface area contributed by atoms with Gasteiger partial charge in [-0.05, 0) is 52.0 Å². The summed E-state index contributed by atoms with van der Waals surface area (Å²) in [6, 6.07) is 7.48. The predicted molar refractivity (Wildman–Crippen MR) is 125 cm³/mol. The van der Waals surface area contributed by atoms with Gasteiger partial charge >= 0.3 is 0 Å². The lowest BCUT2D eigenvalue weighted by Crippen LogP contribution is -2.36. The Morgan fingerprint density at radius 3 is 2.47 bits per heavy atom. The first-order chi connectivity index (χ1) is 15.3. The topological polar surface area (TPSA) is 85.2 Å². The highest BCUT2D eigenvalue weighted by molar-refractivity contribution is 6.31. The first kappa shape index (κ1) is 22.2. The zero-order valence-electron chi connectivity index (χ0n) is 18.8. The van der Waals surface area contributed by atoms with Crippen LogP contribution in [-0.2, 0) is 16.0 Å². The Bertz CT molecular complexity index is 1130.